The van der Waals surface area contributed by atoms with Crippen LogP contribution in [0.3, 0.4) is 0 Å². The van der Waals surface area contributed by atoms with Crippen molar-refractivity contribution in [2.24, 2.45) is 0 Å². The summed E-state index contributed by atoms with van der Waals surface area (Å²) in [5.41, 5.74) is 2.55. The van der Waals surface area contributed by atoms with Crippen molar-refractivity contribution in [3.05, 3.63) is 35.5 Å². The molecule has 128 valence electrons. The molecule has 0 saturated carbocycles. The third kappa shape index (κ3) is 3.47. The number of hydrogen-bond donors (Lipinski definition) is 1. The molecule has 3 aliphatic rings. The highest BCUT2D eigenvalue weighted by Gasteiger charge is 2.50. The highest BCUT2D eigenvalue weighted by Crippen LogP contribution is 2.44. The molecular formula is C20H30O3. The minimum absolute atomic E-state index is 0.0695. The Hall–Kier alpha value is -0.900. The van der Waals surface area contributed by atoms with E-state index in [0.717, 1.165) is 37.7 Å². The lowest BCUT2D eigenvalue weighted by Gasteiger charge is -2.28. The highest BCUT2D eigenvalue weighted by atomic mass is 16.6. The summed E-state index contributed by atoms with van der Waals surface area (Å²) in [4.78, 5) is 0. The summed E-state index contributed by atoms with van der Waals surface area (Å²) < 4.78 is 11.8. The predicted molar refractivity (Wildman–Crippen MR) is 92.3 cm³/mol. The van der Waals surface area contributed by atoms with Crippen LogP contribution < -0.4 is 0 Å². The van der Waals surface area contributed by atoms with Crippen molar-refractivity contribution in [2.75, 3.05) is 6.61 Å². The number of ether oxygens (including phenoxy) is 2. The lowest BCUT2D eigenvalue weighted by molar-refractivity contribution is -0.00624. The van der Waals surface area contributed by atoms with Crippen LogP contribution in [0, 0.1) is 0 Å². The van der Waals surface area contributed by atoms with Gasteiger partial charge >= 0.3 is 0 Å². The van der Waals surface area contributed by atoms with Gasteiger partial charge in [-0.3, -0.25) is 0 Å². The molecule has 0 aromatic heterocycles. The Labute approximate surface area is 140 Å². The van der Waals surface area contributed by atoms with E-state index in [0.29, 0.717) is 19.1 Å². The van der Waals surface area contributed by atoms with Crippen molar-refractivity contribution in [3.63, 3.8) is 0 Å². The Bertz CT molecular complexity index is 547. The summed E-state index contributed by atoms with van der Waals surface area (Å²) >= 11 is 0. The summed E-state index contributed by atoms with van der Waals surface area (Å²) in [6, 6.07) is 0. The molecule has 4 atom stereocenters. The molecule has 0 bridgehead atoms. The van der Waals surface area contributed by atoms with E-state index in [1.165, 1.54) is 11.1 Å². The minimum atomic E-state index is -0.926. The second kappa shape index (κ2) is 6.19. The van der Waals surface area contributed by atoms with Crippen molar-refractivity contribution in [1.82, 2.24) is 0 Å². The monoisotopic (exact) mass is 318 g/mol. The zero-order valence-electron chi connectivity index (χ0n) is 14.7. The molecule has 0 aromatic rings. The average Bonchev–Trinajstić information content (AvgIpc) is 3.07. The molecular weight excluding hydrogens is 288 g/mol. The molecule has 23 heavy (non-hydrogen) atoms. The first-order valence-corrected chi connectivity index (χ1v) is 8.86. The van der Waals surface area contributed by atoms with Crippen molar-refractivity contribution in [3.8, 4) is 0 Å². The van der Waals surface area contributed by atoms with Gasteiger partial charge in [-0.25, -0.2) is 0 Å². The van der Waals surface area contributed by atoms with E-state index >= 15 is 0 Å². The molecule has 2 heterocycles. The van der Waals surface area contributed by atoms with E-state index in [1.807, 2.05) is 0 Å². The van der Waals surface area contributed by atoms with Crippen LogP contribution in [0.25, 0.3) is 0 Å². The molecule has 2 fully saturated rings. The molecule has 1 N–H and O–H groups in total. The van der Waals surface area contributed by atoms with E-state index in [9.17, 15) is 5.11 Å². The maximum absolute atomic E-state index is 11.1. The molecule has 0 radical (unpaired) electrons. The molecule has 0 unspecified atom stereocenters. The Balaban J connectivity index is 1.80. The second-order valence-corrected chi connectivity index (χ2v) is 7.82. The van der Waals surface area contributed by atoms with Gasteiger partial charge < -0.3 is 14.6 Å². The van der Waals surface area contributed by atoms with Gasteiger partial charge in [0.15, 0.2) is 0 Å². The molecule has 3 heteroatoms. The molecule has 0 spiro atoms. The summed E-state index contributed by atoms with van der Waals surface area (Å²) in [7, 11) is 0. The first-order chi connectivity index (χ1) is 10.8. The van der Waals surface area contributed by atoms with Gasteiger partial charge in [0.25, 0.3) is 0 Å². The summed E-state index contributed by atoms with van der Waals surface area (Å²) in [5, 5.41) is 11.1. The lowest BCUT2D eigenvalue weighted by atomic mass is 9.84. The van der Waals surface area contributed by atoms with Gasteiger partial charge in [-0.2, -0.15) is 0 Å². The first kappa shape index (κ1) is 16.9. The van der Waals surface area contributed by atoms with E-state index in [1.54, 1.807) is 0 Å². The van der Waals surface area contributed by atoms with Crippen molar-refractivity contribution < 1.29 is 14.6 Å². The normalized spacial score (nSPS) is 46.7. The Kier molecular flexibility index (Phi) is 4.56. The topological polar surface area (TPSA) is 42.0 Å². The van der Waals surface area contributed by atoms with Crippen LogP contribution in [-0.4, -0.2) is 35.1 Å². The fourth-order valence-corrected chi connectivity index (χ4v) is 3.83. The maximum Gasteiger partial charge on any atom is 0.118 e. The minimum Gasteiger partial charge on any atom is -0.382 e. The van der Waals surface area contributed by atoms with Crippen LogP contribution in [0.4, 0.5) is 0 Å². The molecule has 0 aromatic carbocycles. The molecule has 1 aliphatic carbocycles. The summed E-state index contributed by atoms with van der Waals surface area (Å²) in [5.74, 6) is 0. The molecule has 3 rings (SSSR count). The molecule has 2 aliphatic heterocycles. The van der Waals surface area contributed by atoms with Gasteiger partial charge in [0.1, 0.15) is 11.7 Å². The fourth-order valence-electron chi connectivity index (χ4n) is 3.83. The fraction of sp³-hybridized carbons (Fsp3) is 0.700. The van der Waals surface area contributed by atoms with Crippen molar-refractivity contribution in [1.29, 1.82) is 0 Å². The van der Waals surface area contributed by atoms with Crippen LogP contribution in [0.15, 0.2) is 35.5 Å². The average molecular weight is 318 g/mol. The number of epoxide rings is 1. The third-order valence-electron chi connectivity index (χ3n) is 5.83. The zero-order valence-corrected chi connectivity index (χ0v) is 14.7. The molecule has 0 amide bonds. The van der Waals surface area contributed by atoms with Crippen LogP contribution in [0.2, 0.25) is 0 Å². The number of allylic oxidation sites excluding steroid dienone is 3. The second-order valence-electron chi connectivity index (χ2n) is 7.82. The number of fused-ring (bicyclic) bond motifs is 2. The summed E-state index contributed by atoms with van der Waals surface area (Å²) in [6.45, 7) is 11.0. The van der Waals surface area contributed by atoms with Gasteiger partial charge in [-0.05, 0) is 64.9 Å². The van der Waals surface area contributed by atoms with E-state index in [2.05, 4.69) is 39.5 Å². The molecule has 3 nitrogen and oxygen atoms in total. The van der Waals surface area contributed by atoms with Gasteiger partial charge in [0.2, 0.25) is 0 Å². The Morgan fingerprint density at radius 2 is 2.00 bits per heavy atom. The lowest BCUT2D eigenvalue weighted by Crippen LogP contribution is -2.38. The van der Waals surface area contributed by atoms with Gasteiger partial charge in [0, 0.05) is 0 Å². The largest absolute Gasteiger partial charge is 0.382 e. The number of aliphatic hydroxyl groups is 1. The Morgan fingerprint density at radius 3 is 2.78 bits per heavy atom. The smallest absolute Gasteiger partial charge is 0.118 e. The highest BCUT2D eigenvalue weighted by molar-refractivity contribution is 5.27. The van der Waals surface area contributed by atoms with Crippen LogP contribution in [0.5, 0.6) is 0 Å². The Morgan fingerprint density at radius 1 is 1.22 bits per heavy atom. The third-order valence-corrected chi connectivity index (χ3v) is 5.83. The number of hydrogen-bond acceptors (Lipinski definition) is 3. The van der Waals surface area contributed by atoms with E-state index < -0.39 is 5.60 Å². The van der Waals surface area contributed by atoms with Crippen LogP contribution in [-0.2, 0) is 9.47 Å². The van der Waals surface area contributed by atoms with Gasteiger partial charge in [0.05, 0.1) is 18.3 Å². The predicted octanol–water partition coefficient (Wildman–Crippen LogP) is 4.08. The van der Waals surface area contributed by atoms with E-state index in [4.69, 9.17) is 9.47 Å². The van der Waals surface area contributed by atoms with Gasteiger partial charge in [-0.15, -0.1) is 0 Å². The summed E-state index contributed by atoms with van der Waals surface area (Å²) in [6.07, 6.45) is 10.2. The standard InChI is InChI=1S/C20H30O3/c1-14-6-5-10-19(4)17(23-19)8-7-15(2)12-18-20(21,11-9-14)16(3)13-22-18/h6,12,17-18,21H,3,5,7-11,13H2,1-2,4H3/b14-6+,15-12+/t17-,18-,19+,20+/m0/s1. The van der Waals surface area contributed by atoms with Crippen molar-refractivity contribution in [2.45, 2.75) is 82.7 Å². The van der Waals surface area contributed by atoms with Crippen LogP contribution in [0.1, 0.15) is 59.3 Å². The van der Waals surface area contributed by atoms with Crippen molar-refractivity contribution >= 4 is 0 Å². The zero-order chi connectivity index (χ0) is 16.7. The SMILES string of the molecule is C=C1CO[C@H]2/C=C(\C)CC[C@@H]3O[C@]3(C)CC/C=C(\C)CC[C@@]12O. The molecule has 2 saturated heterocycles. The quantitative estimate of drug-likeness (QED) is 0.540. The van der Waals surface area contributed by atoms with Crippen LogP contribution >= 0.6 is 0 Å². The first-order valence-electron chi connectivity index (χ1n) is 8.86. The number of rotatable bonds is 0. The maximum atomic E-state index is 11.1. The van der Waals surface area contributed by atoms with Gasteiger partial charge in [-0.1, -0.05) is 29.9 Å². The van der Waals surface area contributed by atoms with E-state index in [-0.39, 0.29) is 11.7 Å².